The smallest absolute Gasteiger partial charge is 0.264 e. The Bertz CT molecular complexity index is 817. The molecule has 0 radical (unpaired) electrons. The molecule has 0 aliphatic heterocycles. The van der Waals surface area contributed by atoms with E-state index in [-0.39, 0.29) is 5.69 Å². The highest BCUT2D eigenvalue weighted by Gasteiger charge is 2.18. The molecular weight excluding hydrogens is 321 g/mol. The number of nitrogens with one attached hydrogen (secondary N) is 1. The highest BCUT2D eigenvalue weighted by atomic mass is 35.7. The molecule has 0 bridgehead atoms. The van der Waals surface area contributed by atoms with E-state index in [2.05, 4.69) is 10.4 Å². The van der Waals surface area contributed by atoms with Crippen molar-refractivity contribution in [2.75, 3.05) is 5.32 Å². The fourth-order valence-corrected chi connectivity index (χ4v) is 2.70. The van der Waals surface area contributed by atoms with Gasteiger partial charge in [-0.25, -0.2) is 12.8 Å². The molecule has 0 saturated heterocycles. The Morgan fingerprint density at radius 1 is 1.43 bits per heavy atom. The molecule has 0 aliphatic rings. The van der Waals surface area contributed by atoms with Crippen LogP contribution in [0.4, 0.5) is 10.1 Å². The lowest BCUT2D eigenvalue weighted by Crippen LogP contribution is -2.12. The Kier molecular flexibility index (Phi) is 4.02. The molecule has 0 spiro atoms. The van der Waals surface area contributed by atoms with Crippen molar-refractivity contribution < 1.29 is 17.6 Å². The molecule has 1 N–H and O–H groups in total. The highest BCUT2D eigenvalue weighted by Crippen LogP contribution is 2.22. The predicted octanol–water partition coefficient (Wildman–Crippen LogP) is 2.05. The molecule has 21 heavy (non-hydrogen) atoms. The van der Waals surface area contributed by atoms with Gasteiger partial charge in [0.15, 0.2) is 0 Å². The third kappa shape index (κ3) is 3.40. The maximum absolute atomic E-state index is 13.7. The van der Waals surface area contributed by atoms with E-state index in [1.54, 1.807) is 14.0 Å². The van der Waals surface area contributed by atoms with Gasteiger partial charge in [0.1, 0.15) is 10.7 Å². The first kappa shape index (κ1) is 15.5. The summed E-state index contributed by atoms with van der Waals surface area (Å²) in [4.78, 5) is 11.4. The average Bonchev–Trinajstić information content (AvgIpc) is 2.67. The standard InChI is InChI=1S/C12H11ClFN3O3S/c1-7-9(6-17(2)16-7)12(18)15-8-3-4-11(10(14)5-8)21(13,19)20/h3-6H,1-2H3,(H,15,18). The molecule has 2 aromatic rings. The van der Waals surface area contributed by atoms with Crippen LogP contribution in [0.1, 0.15) is 16.1 Å². The van der Waals surface area contributed by atoms with Gasteiger partial charge in [0.25, 0.3) is 15.0 Å². The van der Waals surface area contributed by atoms with E-state index in [4.69, 9.17) is 10.7 Å². The van der Waals surface area contributed by atoms with Crippen LogP contribution >= 0.6 is 10.7 Å². The first-order valence-electron chi connectivity index (χ1n) is 5.74. The van der Waals surface area contributed by atoms with Gasteiger partial charge < -0.3 is 5.32 Å². The number of benzene rings is 1. The zero-order valence-corrected chi connectivity index (χ0v) is 12.7. The van der Waals surface area contributed by atoms with Crippen LogP contribution in [0.3, 0.4) is 0 Å². The number of nitrogens with zero attached hydrogens (tertiary/aromatic N) is 2. The molecule has 0 fully saturated rings. The van der Waals surface area contributed by atoms with E-state index in [0.29, 0.717) is 11.3 Å². The summed E-state index contributed by atoms with van der Waals surface area (Å²) in [6, 6.07) is 3.13. The molecule has 1 aromatic carbocycles. The summed E-state index contributed by atoms with van der Waals surface area (Å²) in [5.74, 6) is -1.51. The van der Waals surface area contributed by atoms with Gasteiger partial charge in [0, 0.05) is 29.6 Å². The number of aryl methyl sites for hydroxylation is 2. The first-order chi connectivity index (χ1) is 9.68. The van der Waals surface area contributed by atoms with Crippen molar-refractivity contribution >= 4 is 31.3 Å². The van der Waals surface area contributed by atoms with Crippen LogP contribution in [-0.4, -0.2) is 24.1 Å². The van der Waals surface area contributed by atoms with Gasteiger partial charge in [-0.15, -0.1) is 0 Å². The van der Waals surface area contributed by atoms with Crippen molar-refractivity contribution in [3.8, 4) is 0 Å². The van der Waals surface area contributed by atoms with Gasteiger partial charge in [-0.2, -0.15) is 5.10 Å². The van der Waals surface area contributed by atoms with Gasteiger partial charge in [-0.1, -0.05) is 0 Å². The van der Waals surface area contributed by atoms with Gasteiger partial charge in [-0.05, 0) is 25.1 Å². The largest absolute Gasteiger partial charge is 0.322 e. The number of hydrogen-bond donors (Lipinski definition) is 1. The highest BCUT2D eigenvalue weighted by molar-refractivity contribution is 8.13. The normalized spacial score (nSPS) is 11.4. The number of anilines is 1. The molecule has 112 valence electrons. The van der Waals surface area contributed by atoms with Crippen LogP contribution < -0.4 is 5.32 Å². The minimum absolute atomic E-state index is 0.116. The Morgan fingerprint density at radius 3 is 2.57 bits per heavy atom. The summed E-state index contributed by atoms with van der Waals surface area (Å²) in [5.41, 5.74) is 0.979. The summed E-state index contributed by atoms with van der Waals surface area (Å²) < 4.78 is 37.3. The van der Waals surface area contributed by atoms with Gasteiger partial charge in [0.2, 0.25) is 0 Å². The number of halogens is 2. The second kappa shape index (κ2) is 5.45. The lowest BCUT2D eigenvalue weighted by molar-refractivity contribution is 0.102. The molecule has 1 aromatic heterocycles. The Labute approximate surface area is 124 Å². The van der Waals surface area contributed by atoms with E-state index < -0.39 is 25.7 Å². The molecule has 9 heteroatoms. The summed E-state index contributed by atoms with van der Waals surface area (Å²) in [6.07, 6.45) is 1.53. The first-order valence-corrected chi connectivity index (χ1v) is 8.05. The average molecular weight is 332 g/mol. The predicted molar refractivity (Wildman–Crippen MR) is 75.3 cm³/mol. The second-order valence-electron chi connectivity index (χ2n) is 4.34. The van der Waals surface area contributed by atoms with Crippen molar-refractivity contribution in [2.24, 2.45) is 7.05 Å². The number of rotatable bonds is 3. The van der Waals surface area contributed by atoms with E-state index in [1.165, 1.54) is 16.9 Å². The van der Waals surface area contributed by atoms with Crippen molar-refractivity contribution in [1.82, 2.24) is 9.78 Å². The third-order valence-corrected chi connectivity index (χ3v) is 4.07. The van der Waals surface area contributed by atoms with Gasteiger partial charge >= 0.3 is 0 Å². The minimum atomic E-state index is -4.16. The molecule has 1 amide bonds. The zero-order valence-electron chi connectivity index (χ0n) is 11.1. The number of carbonyl (C=O) groups is 1. The van der Waals surface area contributed by atoms with E-state index in [0.717, 1.165) is 12.1 Å². The molecule has 0 unspecified atom stereocenters. The fraction of sp³-hybridized carbons (Fsp3) is 0.167. The topological polar surface area (TPSA) is 81.1 Å². The van der Waals surface area contributed by atoms with E-state index in [9.17, 15) is 17.6 Å². The molecule has 2 rings (SSSR count). The number of carbonyl (C=O) groups excluding carboxylic acids is 1. The van der Waals surface area contributed by atoms with Crippen molar-refractivity contribution in [2.45, 2.75) is 11.8 Å². The van der Waals surface area contributed by atoms with Crippen LogP contribution in [0.2, 0.25) is 0 Å². The maximum Gasteiger partial charge on any atom is 0.264 e. The number of hydrogen-bond acceptors (Lipinski definition) is 4. The van der Waals surface area contributed by atoms with Gasteiger partial charge in [0.05, 0.1) is 11.3 Å². The monoisotopic (exact) mass is 331 g/mol. The number of aromatic nitrogens is 2. The molecule has 0 aliphatic carbocycles. The van der Waals surface area contributed by atoms with Crippen LogP contribution in [0.15, 0.2) is 29.3 Å². The molecule has 0 saturated carbocycles. The van der Waals surface area contributed by atoms with Gasteiger partial charge in [-0.3, -0.25) is 9.48 Å². The van der Waals surface area contributed by atoms with Crippen LogP contribution in [-0.2, 0) is 16.1 Å². The second-order valence-corrected chi connectivity index (χ2v) is 6.87. The maximum atomic E-state index is 13.7. The van der Waals surface area contributed by atoms with Crippen molar-refractivity contribution in [3.05, 3.63) is 41.5 Å². The molecule has 0 atom stereocenters. The Hall–Kier alpha value is -1.93. The summed E-state index contributed by atoms with van der Waals surface area (Å²) in [7, 11) is 2.58. The van der Waals surface area contributed by atoms with Crippen molar-refractivity contribution in [3.63, 3.8) is 0 Å². The lowest BCUT2D eigenvalue weighted by Gasteiger charge is -2.06. The van der Waals surface area contributed by atoms with Crippen molar-refractivity contribution in [1.29, 1.82) is 0 Å². The van der Waals surface area contributed by atoms with E-state index >= 15 is 0 Å². The number of amides is 1. The Balaban J connectivity index is 2.27. The van der Waals surface area contributed by atoms with Crippen LogP contribution in [0, 0.1) is 12.7 Å². The summed E-state index contributed by atoms with van der Waals surface area (Å²) in [5, 5.41) is 6.48. The zero-order chi connectivity index (χ0) is 15.8. The van der Waals surface area contributed by atoms with Crippen LogP contribution in [0.25, 0.3) is 0 Å². The van der Waals surface area contributed by atoms with Crippen LogP contribution in [0.5, 0.6) is 0 Å². The Morgan fingerprint density at radius 2 is 2.10 bits per heavy atom. The minimum Gasteiger partial charge on any atom is -0.322 e. The fourth-order valence-electron chi connectivity index (χ4n) is 1.80. The molecule has 1 heterocycles. The summed E-state index contributed by atoms with van der Waals surface area (Å²) >= 11 is 0. The third-order valence-electron chi connectivity index (χ3n) is 2.71. The molecule has 6 nitrogen and oxygen atoms in total. The SMILES string of the molecule is Cc1nn(C)cc1C(=O)Nc1ccc(S(=O)(=O)Cl)c(F)c1. The molecular formula is C12H11ClFN3O3S. The van der Waals surface area contributed by atoms with E-state index in [1.807, 2.05) is 0 Å². The quantitative estimate of drug-likeness (QED) is 0.873. The summed E-state index contributed by atoms with van der Waals surface area (Å²) in [6.45, 7) is 1.67. The lowest BCUT2D eigenvalue weighted by atomic mass is 10.2.